The Balaban J connectivity index is 1.90. The molecule has 6 nitrogen and oxygen atoms in total. The molecule has 1 saturated heterocycles. The minimum atomic E-state index is -0.150. The summed E-state index contributed by atoms with van der Waals surface area (Å²) in [5, 5.41) is 0.647. The normalized spacial score (nSPS) is 15.4. The van der Waals surface area contributed by atoms with Crippen LogP contribution >= 0.6 is 11.8 Å². The molecule has 1 fully saturated rings. The number of hydrogen-bond donors (Lipinski definition) is 0. The van der Waals surface area contributed by atoms with Crippen LogP contribution in [0.15, 0.2) is 47.5 Å². The number of carbonyl (C=O) groups is 2. The Bertz CT molecular complexity index is 887. The Labute approximate surface area is 168 Å². The highest BCUT2D eigenvalue weighted by molar-refractivity contribution is 8.13. The van der Waals surface area contributed by atoms with Gasteiger partial charge < -0.3 is 9.47 Å². The zero-order valence-corrected chi connectivity index (χ0v) is 16.9. The number of benzene rings is 2. The van der Waals surface area contributed by atoms with Crippen molar-refractivity contribution in [2.75, 3.05) is 26.5 Å². The maximum atomic E-state index is 13.2. The Hall–Kier alpha value is -2.80. The van der Waals surface area contributed by atoms with Gasteiger partial charge in [-0.25, -0.2) is 4.99 Å². The van der Waals surface area contributed by atoms with Gasteiger partial charge in [0.1, 0.15) is 11.5 Å². The first-order chi connectivity index (χ1) is 13.5. The van der Waals surface area contributed by atoms with E-state index in [9.17, 15) is 9.59 Å². The van der Waals surface area contributed by atoms with E-state index in [-0.39, 0.29) is 11.7 Å². The topological polar surface area (TPSA) is 68.2 Å². The average Bonchev–Trinajstić information content (AvgIpc) is 2.73. The van der Waals surface area contributed by atoms with E-state index < -0.39 is 0 Å². The molecule has 7 heteroatoms. The lowest BCUT2D eigenvalue weighted by atomic mass is 10.1. The second kappa shape index (κ2) is 8.93. The van der Waals surface area contributed by atoms with E-state index in [4.69, 9.17) is 9.47 Å². The lowest BCUT2D eigenvalue weighted by molar-refractivity contribution is 0.0848. The maximum absolute atomic E-state index is 13.2. The van der Waals surface area contributed by atoms with Gasteiger partial charge in [-0.2, -0.15) is 0 Å². The van der Waals surface area contributed by atoms with Crippen molar-refractivity contribution in [2.45, 2.75) is 13.3 Å². The highest BCUT2D eigenvalue weighted by Crippen LogP contribution is 2.27. The van der Waals surface area contributed by atoms with Crippen molar-refractivity contribution in [1.82, 2.24) is 4.90 Å². The number of methoxy groups -OCH3 is 2. The van der Waals surface area contributed by atoms with Crippen LogP contribution in [0.25, 0.3) is 0 Å². The molecule has 0 spiro atoms. The van der Waals surface area contributed by atoms with Gasteiger partial charge in [0.15, 0.2) is 11.0 Å². The first-order valence-electron chi connectivity index (χ1n) is 8.89. The zero-order valence-electron chi connectivity index (χ0n) is 16.1. The molecular formula is C21H22N2O4S. The van der Waals surface area contributed by atoms with Crippen molar-refractivity contribution < 1.29 is 19.1 Å². The summed E-state index contributed by atoms with van der Waals surface area (Å²) in [6.07, 6.45) is 0.889. The molecule has 0 unspecified atom stereocenters. The molecule has 0 aliphatic carbocycles. The summed E-state index contributed by atoms with van der Waals surface area (Å²) < 4.78 is 10.5. The van der Waals surface area contributed by atoms with E-state index in [1.54, 1.807) is 73.3 Å². The molecule has 2 aromatic rings. The lowest BCUT2D eigenvalue weighted by Gasteiger charge is -2.28. The molecule has 1 aliphatic heterocycles. The number of ether oxygens (including phenoxy) is 2. The first-order valence-corrected chi connectivity index (χ1v) is 9.88. The minimum Gasteiger partial charge on any atom is -0.497 e. The molecular weight excluding hydrogens is 376 g/mol. The monoisotopic (exact) mass is 398 g/mol. The number of ketones is 1. The van der Waals surface area contributed by atoms with Crippen molar-refractivity contribution in [1.29, 1.82) is 0 Å². The standard InChI is InChI=1S/C21H22N2O4S/c1-14(24)15-5-7-17(8-6-15)22-21-23(9-4-10-28-21)20(25)16-11-18(26-2)13-19(12-16)27-3/h5-8,11-13H,4,9-10H2,1-3H3. The number of hydrogen-bond acceptors (Lipinski definition) is 6. The minimum absolute atomic E-state index is 0.00928. The average molecular weight is 398 g/mol. The molecule has 0 aromatic heterocycles. The Morgan fingerprint density at radius 2 is 1.64 bits per heavy atom. The summed E-state index contributed by atoms with van der Waals surface area (Å²) in [7, 11) is 3.11. The third-order valence-corrected chi connectivity index (χ3v) is 5.39. The molecule has 1 amide bonds. The second-order valence-electron chi connectivity index (χ2n) is 6.26. The van der Waals surface area contributed by atoms with Crippen molar-refractivity contribution in [3.63, 3.8) is 0 Å². The molecule has 3 rings (SSSR count). The maximum Gasteiger partial charge on any atom is 0.260 e. The number of Topliss-reactive ketones (excluding diaryl/α,β-unsaturated/α-hetero) is 1. The van der Waals surface area contributed by atoms with Crippen LogP contribution in [-0.4, -0.2) is 48.3 Å². The molecule has 1 aliphatic rings. The van der Waals surface area contributed by atoms with Crippen molar-refractivity contribution >= 4 is 34.3 Å². The van der Waals surface area contributed by atoms with Crippen molar-refractivity contribution in [3.05, 3.63) is 53.6 Å². The summed E-state index contributed by atoms with van der Waals surface area (Å²) in [6, 6.07) is 12.2. The van der Waals surface area contributed by atoms with Crippen molar-refractivity contribution in [3.8, 4) is 11.5 Å². The van der Waals surface area contributed by atoms with Gasteiger partial charge in [0.25, 0.3) is 5.91 Å². The van der Waals surface area contributed by atoms with Gasteiger partial charge in [-0.1, -0.05) is 11.8 Å². The molecule has 0 N–H and O–H groups in total. The predicted molar refractivity (Wildman–Crippen MR) is 111 cm³/mol. The van der Waals surface area contributed by atoms with E-state index in [0.717, 1.165) is 12.2 Å². The number of aliphatic imine (C=N–C) groups is 1. The van der Waals surface area contributed by atoms with Gasteiger partial charge in [0.05, 0.1) is 19.9 Å². The fourth-order valence-corrected chi connectivity index (χ4v) is 3.76. The summed E-state index contributed by atoms with van der Waals surface area (Å²) in [5.41, 5.74) is 1.82. The number of thioether (sulfide) groups is 1. The quantitative estimate of drug-likeness (QED) is 0.707. The molecule has 1 heterocycles. The molecule has 0 bridgehead atoms. The largest absolute Gasteiger partial charge is 0.497 e. The Morgan fingerprint density at radius 1 is 1.00 bits per heavy atom. The fraction of sp³-hybridized carbons (Fsp3) is 0.286. The number of amidine groups is 1. The molecule has 146 valence electrons. The molecule has 0 radical (unpaired) electrons. The van der Waals surface area contributed by atoms with Crippen LogP contribution in [0.2, 0.25) is 0 Å². The molecule has 2 aromatic carbocycles. The van der Waals surface area contributed by atoms with Crippen LogP contribution in [0.3, 0.4) is 0 Å². The summed E-state index contributed by atoms with van der Waals surface area (Å²) in [5.74, 6) is 1.88. The Kier molecular flexibility index (Phi) is 6.36. The third-order valence-electron chi connectivity index (χ3n) is 4.33. The molecule has 0 saturated carbocycles. The first kappa shape index (κ1) is 19.9. The van der Waals surface area contributed by atoms with Crippen LogP contribution in [0, 0.1) is 0 Å². The molecule has 28 heavy (non-hydrogen) atoms. The van der Waals surface area contributed by atoms with Crippen LogP contribution in [0.4, 0.5) is 5.69 Å². The Morgan fingerprint density at radius 3 is 2.21 bits per heavy atom. The number of rotatable bonds is 5. The van der Waals surface area contributed by atoms with Gasteiger partial charge >= 0.3 is 0 Å². The van der Waals surface area contributed by atoms with E-state index in [1.165, 1.54) is 6.92 Å². The van der Waals surface area contributed by atoms with E-state index in [1.807, 2.05) is 0 Å². The fourth-order valence-electron chi connectivity index (χ4n) is 2.81. The summed E-state index contributed by atoms with van der Waals surface area (Å²) in [6.45, 7) is 2.12. The smallest absolute Gasteiger partial charge is 0.260 e. The predicted octanol–water partition coefficient (Wildman–Crippen LogP) is 4.17. The van der Waals surface area contributed by atoms with E-state index in [0.29, 0.717) is 40.0 Å². The summed E-state index contributed by atoms with van der Waals surface area (Å²) >= 11 is 1.55. The highest BCUT2D eigenvalue weighted by Gasteiger charge is 2.25. The van der Waals surface area contributed by atoms with Gasteiger partial charge in [0.2, 0.25) is 0 Å². The summed E-state index contributed by atoms with van der Waals surface area (Å²) in [4.78, 5) is 30.9. The number of carbonyl (C=O) groups excluding carboxylic acids is 2. The highest BCUT2D eigenvalue weighted by atomic mass is 32.2. The van der Waals surface area contributed by atoms with Gasteiger partial charge in [-0.3, -0.25) is 14.5 Å². The molecule has 0 atom stereocenters. The SMILES string of the molecule is COc1cc(OC)cc(C(=O)N2CCCSC2=Nc2ccc(C(C)=O)cc2)c1. The third kappa shape index (κ3) is 4.54. The van der Waals surface area contributed by atoms with Crippen LogP contribution in [-0.2, 0) is 0 Å². The van der Waals surface area contributed by atoms with E-state index >= 15 is 0 Å². The van der Waals surface area contributed by atoms with Crippen LogP contribution in [0.1, 0.15) is 34.1 Å². The zero-order chi connectivity index (χ0) is 20.1. The van der Waals surface area contributed by atoms with Gasteiger partial charge in [-0.15, -0.1) is 0 Å². The lowest BCUT2D eigenvalue weighted by Crippen LogP contribution is -2.39. The second-order valence-corrected chi connectivity index (χ2v) is 7.32. The number of amides is 1. The number of nitrogens with zero attached hydrogens (tertiary/aromatic N) is 2. The van der Waals surface area contributed by atoms with Crippen molar-refractivity contribution in [2.24, 2.45) is 4.99 Å². The van der Waals surface area contributed by atoms with Gasteiger partial charge in [-0.05, 0) is 49.7 Å². The van der Waals surface area contributed by atoms with E-state index in [2.05, 4.69) is 4.99 Å². The van der Waals surface area contributed by atoms with Crippen LogP contribution < -0.4 is 9.47 Å². The van der Waals surface area contributed by atoms with Gasteiger partial charge in [0, 0.05) is 29.5 Å². The van der Waals surface area contributed by atoms with Crippen LogP contribution in [0.5, 0.6) is 11.5 Å².